The number of aromatic nitrogens is 2. The fourth-order valence-electron chi connectivity index (χ4n) is 2.21. The third-order valence-electron chi connectivity index (χ3n) is 3.34. The highest BCUT2D eigenvalue weighted by Gasteiger charge is 1.99. The van der Waals surface area contributed by atoms with E-state index in [4.69, 9.17) is 0 Å². The van der Waals surface area contributed by atoms with E-state index in [2.05, 4.69) is 45.6 Å². The summed E-state index contributed by atoms with van der Waals surface area (Å²) in [5.41, 5.74) is 5.69. The molecule has 0 aliphatic rings. The van der Waals surface area contributed by atoms with Crippen molar-refractivity contribution >= 4 is 5.69 Å². The van der Waals surface area contributed by atoms with E-state index < -0.39 is 0 Å². The van der Waals surface area contributed by atoms with Crippen LogP contribution in [0.25, 0.3) is 11.1 Å². The molecule has 0 saturated heterocycles. The molecule has 2 heterocycles. The average molecular weight is 275 g/mol. The zero-order valence-electron chi connectivity index (χ0n) is 12.0. The largest absolute Gasteiger partial charge is 0.381 e. The van der Waals surface area contributed by atoms with Crippen LogP contribution in [0.5, 0.6) is 0 Å². The molecular weight excluding hydrogens is 258 g/mol. The van der Waals surface area contributed by atoms with E-state index in [0.29, 0.717) is 0 Å². The number of nitrogens with zero attached hydrogens (tertiary/aromatic N) is 2. The first kappa shape index (κ1) is 13.3. The maximum atomic E-state index is 4.19. The Labute approximate surface area is 124 Å². The number of hydrogen-bond acceptors (Lipinski definition) is 3. The second-order valence-corrected chi connectivity index (χ2v) is 4.98. The van der Waals surface area contributed by atoms with Crippen LogP contribution >= 0.6 is 0 Å². The molecule has 0 unspecified atom stereocenters. The van der Waals surface area contributed by atoms with Crippen LogP contribution in [0.2, 0.25) is 0 Å². The quantitative estimate of drug-likeness (QED) is 0.780. The third kappa shape index (κ3) is 3.45. The molecule has 3 nitrogen and oxygen atoms in total. The van der Waals surface area contributed by atoms with Gasteiger partial charge in [-0.2, -0.15) is 0 Å². The predicted octanol–water partition coefficient (Wildman–Crippen LogP) is 4.06. The predicted molar refractivity (Wildman–Crippen MR) is 86.0 cm³/mol. The van der Waals surface area contributed by atoms with Crippen LogP contribution in [-0.2, 0) is 6.54 Å². The molecule has 3 aromatic rings. The van der Waals surface area contributed by atoms with Gasteiger partial charge in [-0.15, -0.1) is 0 Å². The van der Waals surface area contributed by atoms with E-state index in [0.717, 1.165) is 23.5 Å². The molecule has 0 saturated carbocycles. The number of pyridine rings is 2. The molecule has 0 atom stereocenters. The molecule has 0 aliphatic carbocycles. The van der Waals surface area contributed by atoms with Gasteiger partial charge in [0.2, 0.25) is 0 Å². The van der Waals surface area contributed by atoms with Gasteiger partial charge in [0.15, 0.2) is 0 Å². The summed E-state index contributed by atoms with van der Waals surface area (Å²) in [6.07, 6.45) is 5.49. The molecule has 104 valence electrons. The fraction of sp³-hybridized carbons (Fsp3) is 0.111. The standard InChI is InChI=1S/C18H17N3/c1-14-11-18(8-10-20-14)21-12-15-4-6-16(7-5-15)17-3-2-9-19-13-17/h2-11,13H,12H2,1H3,(H,20,21). The minimum atomic E-state index is 0.802. The SMILES string of the molecule is Cc1cc(NCc2ccc(-c3cccnc3)cc2)ccn1. The Balaban J connectivity index is 1.68. The monoisotopic (exact) mass is 275 g/mol. The van der Waals surface area contributed by atoms with Gasteiger partial charge in [0.25, 0.3) is 0 Å². The maximum absolute atomic E-state index is 4.19. The first-order valence-electron chi connectivity index (χ1n) is 6.97. The van der Waals surface area contributed by atoms with Gasteiger partial charge in [-0.3, -0.25) is 9.97 Å². The lowest BCUT2D eigenvalue weighted by Crippen LogP contribution is -1.99. The summed E-state index contributed by atoms with van der Waals surface area (Å²) in [4.78, 5) is 8.34. The second-order valence-electron chi connectivity index (χ2n) is 4.98. The summed E-state index contributed by atoms with van der Waals surface area (Å²) in [5, 5.41) is 3.41. The van der Waals surface area contributed by atoms with Crippen molar-refractivity contribution in [1.82, 2.24) is 9.97 Å². The molecule has 0 amide bonds. The van der Waals surface area contributed by atoms with Gasteiger partial charge in [0.05, 0.1) is 0 Å². The summed E-state index contributed by atoms with van der Waals surface area (Å²) < 4.78 is 0. The van der Waals surface area contributed by atoms with Gasteiger partial charge in [0, 0.05) is 36.5 Å². The lowest BCUT2D eigenvalue weighted by atomic mass is 10.1. The zero-order valence-corrected chi connectivity index (χ0v) is 12.0. The van der Waals surface area contributed by atoms with Crippen LogP contribution < -0.4 is 5.32 Å². The van der Waals surface area contributed by atoms with Crippen molar-refractivity contribution in [3.63, 3.8) is 0 Å². The zero-order chi connectivity index (χ0) is 14.5. The molecule has 1 N–H and O–H groups in total. The summed E-state index contributed by atoms with van der Waals surface area (Å²) in [7, 11) is 0. The highest BCUT2D eigenvalue weighted by molar-refractivity contribution is 5.62. The number of nitrogens with one attached hydrogen (secondary N) is 1. The highest BCUT2D eigenvalue weighted by atomic mass is 14.9. The van der Waals surface area contributed by atoms with Crippen LogP contribution in [-0.4, -0.2) is 9.97 Å². The van der Waals surface area contributed by atoms with Crippen LogP contribution in [0, 0.1) is 6.92 Å². The lowest BCUT2D eigenvalue weighted by Gasteiger charge is -2.08. The Morgan fingerprint density at radius 3 is 2.52 bits per heavy atom. The van der Waals surface area contributed by atoms with Gasteiger partial charge < -0.3 is 5.32 Å². The van der Waals surface area contributed by atoms with Gasteiger partial charge in [0.1, 0.15) is 0 Å². The van der Waals surface area contributed by atoms with Crippen LogP contribution in [0.4, 0.5) is 5.69 Å². The molecule has 0 radical (unpaired) electrons. The van der Waals surface area contributed by atoms with Crippen LogP contribution in [0.15, 0.2) is 67.1 Å². The molecule has 1 aromatic carbocycles. The van der Waals surface area contributed by atoms with Gasteiger partial charge >= 0.3 is 0 Å². The molecule has 0 fully saturated rings. The highest BCUT2D eigenvalue weighted by Crippen LogP contribution is 2.19. The summed E-state index contributed by atoms with van der Waals surface area (Å²) >= 11 is 0. The normalized spacial score (nSPS) is 10.3. The number of aryl methyl sites for hydroxylation is 1. The van der Waals surface area contributed by atoms with Crippen molar-refractivity contribution in [1.29, 1.82) is 0 Å². The number of rotatable bonds is 4. The van der Waals surface area contributed by atoms with Crippen molar-refractivity contribution in [2.24, 2.45) is 0 Å². The van der Waals surface area contributed by atoms with E-state index in [9.17, 15) is 0 Å². The molecular formula is C18H17N3. The van der Waals surface area contributed by atoms with Crippen LogP contribution in [0.1, 0.15) is 11.3 Å². The summed E-state index contributed by atoms with van der Waals surface area (Å²) in [6.45, 7) is 2.80. The topological polar surface area (TPSA) is 37.8 Å². The molecule has 0 bridgehead atoms. The van der Waals surface area contributed by atoms with Crippen molar-refractivity contribution in [2.45, 2.75) is 13.5 Å². The molecule has 0 aliphatic heterocycles. The Kier molecular flexibility index (Phi) is 3.92. The Hall–Kier alpha value is -2.68. The Morgan fingerprint density at radius 2 is 1.81 bits per heavy atom. The molecule has 0 spiro atoms. The van der Waals surface area contributed by atoms with E-state index in [1.54, 1.807) is 6.20 Å². The first-order valence-corrected chi connectivity index (χ1v) is 6.97. The van der Waals surface area contributed by atoms with Crippen molar-refractivity contribution < 1.29 is 0 Å². The molecule has 3 rings (SSSR count). The van der Waals surface area contributed by atoms with Gasteiger partial charge in [-0.1, -0.05) is 30.3 Å². The third-order valence-corrected chi connectivity index (χ3v) is 3.34. The second kappa shape index (κ2) is 6.18. The number of anilines is 1. The Bertz CT molecular complexity index is 706. The van der Waals surface area contributed by atoms with E-state index in [-0.39, 0.29) is 0 Å². The minimum Gasteiger partial charge on any atom is -0.381 e. The molecule has 2 aromatic heterocycles. The maximum Gasteiger partial charge on any atom is 0.0400 e. The van der Waals surface area contributed by atoms with Crippen molar-refractivity contribution in [2.75, 3.05) is 5.32 Å². The minimum absolute atomic E-state index is 0.802. The lowest BCUT2D eigenvalue weighted by molar-refractivity contribution is 1.13. The number of hydrogen-bond donors (Lipinski definition) is 1. The average Bonchev–Trinajstić information content (AvgIpc) is 2.54. The first-order chi connectivity index (χ1) is 10.3. The van der Waals surface area contributed by atoms with Crippen molar-refractivity contribution in [3.8, 4) is 11.1 Å². The Morgan fingerprint density at radius 1 is 0.952 bits per heavy atom. The van der Waals surface area contributed by atoms with Gasteiger partial charge in [-0.05, 0) is 41.8 Å². The molecule has 21 heavy (non-hydrogen) atoms. The summed E-state index contributed by atoms with van der Waals surface area (Å²) in [6, 6.07) is 16.6. The van der Waals surface area contributed by atoms with Gasteiger partial charge in [-0.25, -0.2) is 0 Å². The van der Waals surface area contributed by atoms with E-state index >= 15 is 0 Å². The fourth-order valence-corrected chi connectivity index (χ4v) is 2.21. The smallest absolute Gasteiger partial charge is 0.0400 e. The van der Waals surface area contributed by atoms with E-state index in [1.165, 1.54) is 11.1 Å². The van der Waals surface area contributed by atoms with E-state index in [1.807, 2.05) is 37.5 Å². The van der Waals surface area contributed by atoms with Crippen LogP contribution in [0.3, 0.4) is 0 Å². The number of benzene rings is 1. The van der Waals surface area contributed by atoms with Crippen molar-refractivity contribution in [3.05, 3.63) is 78.4 Å². The molecule has 3 heteroatoms. The summed E-state index contributed by atoms with van der Waals surface area (Å²) in [5.74, 6) is 0.